The van der Waals surface area contributed by atoms with Gasteiger partial charge in [0.05, 0.1) is 11.5 Å². The highest BCUT2D eigenvalue weighted by atomic mass is 16.5. The van der Waals surface area contributed by atoms with Crippen molar-refractivity contribution in [2.24, 2.45) is 5.41 Å². The van der Waals surface area contributed by atoms with E-state index in [1.54, 1.807) is 0 Å². The van der Waals surface area contributed by atoms with Gasteiger partial charge in [-0.3, -0.25) is 4.79 Å². The topological polar surface area (TPSA) is 49.8 Å². The molecule has 0 aromatic heterocycles. The number of carbonyl (C=O) groups is 1. The van der Waals surface area contributed by atoms with E-state index < -0.39 is 11.4 Å². The Labute approximate surface area is 109 Å². The second-order valence-corrected chi connectivity index (χ2v) is 5.70. The molecular formula is C14H25NO3. The van der Waals surface area contributed by atoms with Gasteiger partial charge in [-0.15, -0.1) is 0 Å². The van der Waals surface area contributed by atoms with Gasteiger partial charge in [-0.05, 0) is 51.6 Å². The van der Waals surface area contributed by atoms with E-state index in [-0.39, 0.29) is 0 Å². The standard InChI is InChI=1S/C14H25NO3/c1-2-14(13(16)17)6-9-15(10-7-14)8-5-12-4-3-11-18-12/h12H,2-11H2,1H3,(H,16,17). The van der Waals surface area contributed by atoms with Crippen LogP contribution < -0.4 is 0 Å². The summed E-state index contributed by atoms with van der Waals surface area (Å²) in [6.07, 6.45) is 6.29. The quantitative estimate of drug-likeness (QED) is 0.817. The zero-order chi connectivity index (χ0) is 13.0. The van der Waals surface area contributed by atoms with Crippen LogP contribution in [0.25, 0.3) is 0 Å². The van der Waals surface area contributed by atoms with Crippen molar-refractivity contribution in [2.75, 3.05) is 26.2 Å². The van der Waals surface area contributed by atoms with Gasteiger partial charge in [0, 0.05) is 13.2 Å². The lowest BCUT2D eigenvalue weighted by Crippen LogP contribution is -2.44. The SMILES string of the molecule is CCC1(C(=O)O)CCN(CCC2CCCO2)CC1. The first kappa shape index (κ1) is 13.8. The molecule has 4 heteroatoms. The number of rotatable bonds is 5. The smallest absolute Gasteiger partial charge is 0.309 e. The molecule has 2 aliphatic heterocycles. The molecule has 0 radical (unpaired) electrons. The predicted molar refractivity (Wildman–Crippen MR) is 69.6 cm³/mol. The van der Waals surface area contributed by atoms with Crippen LogP contribution in [0.15, 0.2) is 0 Å². The number of likely N-dealkylation sites (tertiary alicyclic amines) is 1. The molecule has 2 heterocycles. The van der Waals surface area contributed by atoms with Crippen LogP contribution in [-0.4, -0.2) is 48.3 Å². The van der Waals surface area contributed by atoms with Gasteiger partial charge < -0.3 is 14.7 Å². The molecule has 1 unspecified atom stereocenters. The van der Waals surface area contributed by atoms with Crippen molar-refractivity contribution in [1.29, 1.82) is 0 Å². The lowest BCUT2D eigenvalue weighted by molar-refractivity contribution is -0.152. The van der Waals surface area contributed by atoms with Crippen LogP contribution in [-0.2, 0) is 9.53 Å². The fourth-order valence-corrected chi connectivity index (χ4v) is 3.12. The van der Waals surface area contributed by atoms with Crippen LogP contribution in [0.5, 0.6) is 0 Å². The van der Waals surface area contributed by atoms with Crippen molar-refractivity contribution in [1.82, 2.24) is 4.90 Å². The number of hydrogen-bond acceptors (Lipinski definition) is 3. The van der Waals surface area contributed by atoms with Gasteiger partial charge in [0.1, 0.15) is 0 Å². The number of carboxylic acid groups (broad SMARTS) is 1. The van der Waals surface area contributed by atoms with Gasteiger partial charge in [0.15, 0.2) is 0 Å². The molecular weight excluding hydrogens is 230 g/mol. The number of aliphatic carboxylic acids is 1. The maximum Gasteiger partial charge on any atom is 0.309 e. The molecule has 0 aliphatic carbocycles. The molecule has 1 atom stereocenters. The predicted octanol–water partition coefficient (Wildman–Crippen LogP) is 2.13. The normalized spacial score (nSPS) is 28.4. The molecule has 0 amide bonds. The van der Waals surface area contributed by atoms with Gasteiger partial charge in [0.25, 0.3) is 0 Å². The van der Waals surface area contributed by atoms with Gasteiger partial charge in [0.2, 0.25) is 0 Å². The molecule has 2 saturated heterocycles. The van der Waals surface area contributed by atoms with Crippen molar-refractivity contribution < 1.29 is 14.6 Å². The van der Waals surface area contributed by atoms with Gasteiger partial charge in [-0.2, -0.15) is 0 Å². The average molecular weight is 255 g/mol. The summed E-state index contributed by atoms with van der Waals surface area (Å²) in [4.78, 5) is 13.7. The highest BCUT2D eigenvalue weighted by Gasteiger charge is 2.39. The van der Waals surface area contributed by atoms with E-state index in [1.807, 2.05) is 6.92 Å². The van der Waals surface area contributed by atoms with E-state index in [2.05, 4.69) is 4.90 Å². The highest BCUT2D eigenvalue weighted by molar-refractivity contribution is 5.74. The van der Waals surface area contributed by atoms with E-state index >= 15 is 0 Å². The number of nitrogens with zero attached hydrogens (tertiary/aromatic N) is 1. The van der Waals surface area contributed by atoms with Crippen molar-refractivity contribution in [2.45, 2.75) is 51.6 Å². The molecule has 2 rings (SSSR count). The second kappa shape index (κ2) is 6.02. The van der Waals surface area contributed by atoms with Crippen molar-refractivity contribution in [3.05, 3.63) is 0 Å². The molecule has 0 aromatic carbocycles. The summed E-state index contributed by atoms with van der Waals surface area (Å²) in [5.41, 5.74) is -0.458. The van der Waals surface area contributed by atoms with Crippen LogP contribution in [0.3, 0.4) is 0 Å². The van der Waals surface area contributed by atoms with Gasteiger partial charge in [-0.1, -0.05) is 6.92 Å². The Morgan fingerprint density at radius 2 is 2.17 bits per heavy atom. The lowest BCUT2D eigenvalue weighted by atomic mass is 9.76. The molecule has 1 N–H and O–H groups in total. The van der Waals surface area contributed by atoms with E-state index in [0.29, 0.717) is 6.10 Å². The van der Waals surface area contributed by atoms with Crippen LogP contribution in [0.4, 0.5) is 0 Å². The van der Waals surface area contributed by atoms with Crippen molar-refractivity contribution in [3.63, 3.8) is 0 Å². The van der Waals surface area contributed by atoms with Gasteiger partial charge in [-0.25, -0.2) is 0 Å². The number of hydrogen-bond donors (Lipinski definition) is 1. The maximum absolute atomic E-state index is 11.3. The second-order valence-electron chi connectivity index (χ2n) is 5.70. The first-order valence-corrected chi connectivity index (χ1v) is 7.24. The molecule has 0 saturated carbocycles. The summed E-state index contributed by atoms with van der Waals surface area (Å²) in [7, 11) is 0. The number of ether oxygens (including phenoxy) is 1. The van der Waals surface area contributed by atoms with Crippen LogP contribution >= 0.6 is 0 Å². The molecule has 18 heavy (non-hydrogen) atoms. The highest BCUT2D eigenvalue weighted by Crippen LogP contribution is 2.35. The Kier molecular flexibility index (Phi) is 4.62. The molecule has 0 bridgehead atoms. The van der Waals surface area contributed by atoms with Crippen LogP contribution in [0, 0.1) is 5.41 Å². The molecule has 2 fully saturated rings. The minimum atomic E-state index is -0.608. The summed E-state index contributed by atoms with van der Waals surface area (Å²) in [5, 5.41) is 9.34. The van der Waals surface area contributed by atoms with E-state index in [4.69, 9.17) is 4.74 Å². The largest absolute Gasteiger partial charge is 0.481 e. The molecule has 4 nitrogen and oxygen atoms in total. The first-order valence-electron chi connectivity index (χ1n) is 7.24. The molecule has 0 spiro atoms. The Morgan fingerprint density at radius 3 is 2.67 bits per heavy atom. The maximum atomic E-state index is 11.3. The zero-order valence-corrected chi connectivity index (χ0v) is 11.4. The Morgan fingerprint density at radius 1 is 1.44 bits per heavy atom. The zero-order valence-electron chi connectivity index (χ0n) is 11.4. The Hall–Kier alpha value is -0.610. The van der Waals surface area contributed by atoms with Crippen LogP contribution in [0.1, 0.15) is 45.4 Å². The third-order valence-corrected chi connectivity index (χ3v) is 4.73. The lowest BCUT2D eigenvalue weighted by Gasteiger charge is -2.38. The molecule has 2 aliphatic rings. The molecule has 104 valence electrons. The third-order valence-electron chi connectivity index (χ3n) is 4.73. The van der Waals surface area contributed by atoms with E-state index in [1.165, 1.54) is 12.8 Å². The summed E-state index contributed by atoms with van der Waals surface area (Å²) in [5.74, 6) is -0.608. The number of piperidine rings is 1. The number of carboxylic acids is 1. The van der Waals surface area contributed by atoms with Crippen molar-refractivity contribution in [3.8, 4) is 0 Å². The fraction of sp³-hybridized carbons (Fsp3) is 0.929. The van der Waals surface area contributed by atoms with Crippen molar-refractivity contribution >= 4 is 5.97 Å². The minimum Gasteiger partial charge on any atom is -0.481 e. The third kappa shape index (κ3) is 3.04. The van der Waals surface area contributed by atoms with E-state index in [9.17, 15) is 9.90 Å². The minimum absolute atomic E-state index is 0.447. The van der Waals surface area contributed by atoms with Gasteiger partial charge >= 0.3 is 5.97 Å². The monoisotopic (exact) mass is 255 g/mol. The summed E-state index contributed by atoms with van der Waals surface area (Å²) >= 11 is 0. The Balaban J connectivity index is 1.74. The molecule has 0 aromatic rings. The van der Waals surface area contributed by atoms with Crippen LogP contribution in [0.2, 0.25) is 0 Å². The summed E-state index contributed by atoms with van der Waals surface area (Å²) in [6.45, 7) is 5.82. The Bertz CT molecular complexity index is 279. The summed E-state index contributed by atoms with van der Waals surface area (Å²) in [6, 6.07) is 0. The average Bonchev–Trinajstić information content (AvgIpc) is 2.90. The summed E-state index contributed by atoms with van der Waals surface area (Å²) < 4.78 is 5.62. The first-order chi connectivity index (χ1) is 8.66. The van der Waals surface area contributed by atoms with E-state index in [0.717, 1.165) is 51.9 Å². The fourth-order valence-electron chi connectivity index (χ4n) is 3.12.